The third-order valence-corrected chi connectivity index (χ3v) is 6.72. The molecule has 0 saturated heterocycles. The molecule has 0 saturated carbocycles. The fraction of sp³-hybridized carbons (Fsp3) is 0.250. The minimum absolute atomic E-state index is 0.159. The molecule has 192 valence electrons. The fourth-order valence-corrected chi connectivity index (χ4v) is 4.48. The molecule has 3 aromatic carbocycles. The highest BCUT2D eigenvalue weighted by Crippen LogP contribution is 2.30. The summed E-state index contributed by atoms with van der Waals surface area (Å²) in [6.45, 7) is 1.53. The first-order valence-electron chi connectivity index (χ1n) is 11.9. The van der Waals surface area contributed by atoms with E-state index in [0.29, 0.717) is 22.7 Å². The van der Waals surface area contributed by atoms with Crippen LogP contribution >= 0.6 is 11.6 Å². The minimum Gasteiger partial charge on any atom is -0.391 e. The number of aliphatic hydroxyl groups is 1. The lowest BCUT2D eigenvalue weighted by Gasteiger charge is -2.26. The van der Waals surface area contributed by atoms with E-state index in [9.17, 15) is 19.1 Å². The topological polar surface area (TPSA) is 108 Å². The van der Waals surface area contributed by atoms with Gasteiger partial charge in [-0.2, -0.15) is 0 Å². The smallest absolute Gasteiger partial charge is 0.272 e. The second-order valence-corrected chi connectivity index (χ2v) is 9.50. The summed E-state index contributed by atoms with van der Waals surface area (Å²) >= 11 is 6.23. The molecule has 3 aromatic rings. The van der Waals surface area contributed by atoms with Crippen molar-refractivity contribution < 1.29 is 19.1 Å². The summed E-state index contributed by atoms with van der Waals surface area (Å²) in [6, 6.07) is 19.6. The van der Waals surface area contributed by atoms with Gasteiger partial charge in [-0.25, -0.2) is 9.38 Å². The molecule has 37 heavy (non-hydrogen) atoms. The lowest BCUT2D eigenvalue weighted by Crippen LogP contribution is -2.51. The van der Waals surface area contributed by atoms with Gasteiger partial charge in [0.2, 0.25) is 12.1 Å². The number of benzene rings is 3. The van der Waals surface area contributed by atoms with Crippen LogP contribution in [-0.4, -0.2) is 48.0 Å². The Morgan fingerprint density at radius 2 is 1.81 bits per heavy atom. The molecule has 1 heterocycles. The van der Waals surface area contributed by atoms with Crippen LogP contribution < -0.4 is 16.0 Å². The average Bonchev–Trinajstić information content (AvgIpc) is 2.99. The quantitative estimate of drug-likeness (QED) is 0.442. The van der Waals surface area contributed by atoms with Crippen molar-refractivity contribution in [1.82, 2.24) is 5.32 Å². The summed E-state index contributed by atoms with van der Waals surface area (Å²) in [7, 11) is 1.54. The molecule has 1 aliphatic heterocycles. The second kappa shape index (κ2) is 11.2. The van der Waals surface area contributed by atoms with Crippen molar-refractivity contribution in [2.24, 2.45) is 16.6 Å². The summed E-state index contributed by atoms with van der Waals surface area (Å²) in [6.07, 6.45) is -2.17. The maximum absolute atomic E-state index is 14.8. The van der Waals surface area contributed by atoms with Gasteiger partial charge in [0.05, 0.1) is 23.4 Å². The number of aliphatic hydroxyl groups excluding tert-OH is 1. The maximum Gasteiger partial charge on any atom is 0.272 e. The number of amides is 2. The number of hydrogen-bond donors (Lipinski definition) is 3. The van der Waals surface area contributed by atoms with Crippen molar-refractivity contribution in [2.45, 2.75) is 31.7 Å². The number of halogens is 2. The molecule has 0 bridgehead atoms. The molecule has 0 fully saturated rings. The zero-order chi connectivity index (χ0) is 26.7. The maximum atomic E-state index is 14.8. The van der Waals surface area contributed by atoms with Gasteiger partial charge < -0.3 is 21.1 Å². The highest BCUT2D eigenvalue weighted by molar-refractivity contribution is 6.32. The summed E-state index contributed by atoms with van der Waals surface area (Å²) in [5.74, 6) is -2.61. The number of hydrogen-bond acceptors (Lipinski definition) is 5. The van der Waals surface area contributed by atoms with Crippen LogP contribution in [-0.2, 0) is 16.0 Å². The number of anilines is 1. The molecule has 4 rings (SSSR count). The summed E-state index contributed by atoms with van der Waals surface area (Å²) in [4.78, 5) is 32.3. The van der Waals surface area contributed by atoms with E-state index in [-0.39, 0.29) is 11.3 Å². The van der Waals surface area contributed by atoms with E-state index in [2.05, 4.69) is 10.3 Å². The predicted octanol–water partition coefficient (Wildman–Crippen LogP) is 3.30. The third-order valence-electron chi connectivity index (χ3n) is 6.48. The minimum atomic E-state index is -1.36. The van der Waals surface area contributed by atoms with Crippen LogP contribution in [0.5, 0.6) is 0 Å². The van der Waals surface area contributed by atoms with Gasteiger partial charge in [0.15, 0.2) is 0 Å². The predicted molar refractivity (Wildman–Crippen MR) is 142 cm³/mol. The largest absolute Gasteiger partial charge is 0.391 e. The molecule has 9 heteroatoms. The van der Waals surface area contributed by atoms with E-state index >= 15 is 0 Å². The van der Waals surface area contributed by atoms with Gasteiger partial charge in [-0.15, -0.1) is 0 Å². The lowest BCUT2D eigenvalue weighted by molar-refractivity contribution is -0.132. The van der Waals surface area contributed by atoms with Crippen LogP contribution in [0, 0.1) is 11.7 Å². The van der Waals surface area contributed by atoms with Crippen molar-refractivity contribution >= 4 is 34.8 Å². The summed E-state index contributed by atoms with van der Waals surface area (Å²) in [5.41, 5.74) is 8.37. The second-order valence-electron chi connectivity index (χ2n) is 9.06. The Balaban J connectivity index is 1.63. The molecular formula is C28H28ClFN4O3. The van der Waals surface area contributed by atoms with Gasteiger partial charge >= 0.3 is 0 Å². The van der Waals surface area contributed by atoms with E-state index in [4.69, 9.17) is 17.3 Å². The molecule has 0 spiro atoms. The number of likely N-dealkylation sites (N-methyl/N-ethyl adjacent to an activating group) is 1. The van der Waals surface area contributed by atoms with Gasteiger partial charge in [-0.3, -0.25) is 9.59 Å². The van der Waals surface area contributed by atoms with Gasteiger partial charge in [0, 0.05) is 29.2 Å². The number of rotatable bonds is 7. The SMILES string of the molecule is C[C@@H](C(=O)NC1N=C(c2ccccc2F)c2cc(Cl)ccc2N(C)C1=O)[C@H](O)[C@@H](N)Cc1ccccc1. The van der Waals surface area contributed by atoms with Crippen LogP contribution in [0.15, 0.2) is 77.8 Å². The first-order chi connectivity index (χ1) is 17.7. The fourth-order valence-electron chi connectivity index (χ4n) is 4.31. The Morgan fingerprint density at radius 1 is 1.14 bits per heavy atom. The number of fused-ring (bicyclic) bond motifs is 1. The Hall–Kier alpha value is -3.59. The van der Waals surface area contributed by atoms with Gasteiger partial charge in [-0.05, 0) is 42.3 Å². The Kier molecular flexibility index (Phi) is 8.02. The zero-order valence-electron chi connectivity index (χ0n) is 20.4. The number of nitrogens with zero attached hydrogens (tertiary/aromatic N) is 2. The molecule has 4 N–H and O–H groups in total. The monoisotopic (exact) mass is 522 g/mol. The first-order valence-corrected chi connectivity index (χ1v) is 12.2. The van der Waals surface area contributed by atoms with E-state index in [1.807, 2.05) is 30.3 Å². The van der Waals surface area contributed by atoms with Crippen LogP contribution in [0.2, 0.25) is 5.02 Å². The van der Waals surface area contributed by atoms with E-state index in [0.717, 1.165) is 5.56 Å². The van der Waals surface area contributed by atoms with Crippen molar-refractivity contribution in [3.8, 4) is 0 Å². The molecular weight excluding hydrogens is 495 g/mol. The van der Waals surface area contributed by atoms with Gasteiger partial charge in [0.25, 0.3) is 5.91 Å². The number of carbonyl (C=O) groups is 2. The van der Waals surface area contributed by atoms with E-state index in [1.165, 1.54) is 17.9 Å². The molecule has 0 aromatic heterocycles. The first kappa shape index (κ1) is 26.5. The Labute approximate surface area is 219 Å². The zero-order valence-corrected chi connectivity index (χ0v) is 21.2. The molecule has 4 atom stereocenters. The third kappa shape index (κ3) is 5.72. The van der Waals surface area contributed by atoms with E-state index < -0.39 is 41.9 Å². The van der Waals surface area contributed by atoms with Crippen LogP contribution in [0.25, 0.3) is 0 Å². The highest BCUT2D eigenvalue weighted by Gasteiger charge is 2.35. The highest BCUT2D eigenvalue weighted by atomic mass is 35.5. The van der Waals surface area contributed by atoms with Crippen molar-refractivity contribution in [3.63, 3.8) is 0 Å². The normalized spacial score (nSPS) is 17.8. The summed E-state index contributed by atoms with van der Waals surface area (Å²) in [5, 5.41) is 13.8. The Morgan fingerprint density at radius 3 is 2.51 bits per heavy atom. The average molecular weight is 523 g/mol. The van der Waals surface area contributed by atoms with E-state index in [1.54, 1.807) is 43.4 Å². The number of carbonyl (C=O) groups excluding carboxylic acids is 2. The molecule has 1 unspecified atom stereocenters. The van der Waals surface area contributed by atoms with Crippen molar-refractivity contribution in [3.05, 3.63) is 100 Å². The molecule has 0 radical (unpaired) electrons. The van der Waals surface area contributed by atoms with Crippen molar-refractivity contribution in [1.29, 1.82) is 0 Å². The van der Waals surface area contributed by atoms with Crippen LogP contribution in [0.4, 0.5) is 10.1 Å². The van der Waals surface area contributed by atoms with Gasteiger partial charge in [-0.1, -0.05) is 61.0 Å². The number of benzodiazepines with no additional fused rings is 1. The standard InChI is InChI=1S/C28H28ClFN4O3/c1-16(25(35)22(31)14-17-8-4-3-5-9-17)27(36)33-26-28(37)34(2)23-13-12-18(29)15-20(23)24(32-26)19-10-6-7-11-21(19)30/h3-13,15-16,22,25-26,35H,14,31H2,1-2H3,(H,33,36)/t16-,22+,25+,26?/m1/s1. The number of aliphatic imine (C=N–C) groups is 1. The van der Waals surface area contributed by atoms with Crippen molar-refractivity contribution in [2.75, 3.05) is 11.9 Å². The van der Waals surface area contributed by atoms with Crippen LogP contribution in [0.1, 0.15) is 23.6 Å². The summed E-state index contributed by atoms with van der Waals surface area (Å²) < 4.78 is 14.8. The molecule has 0 aliphatic carbocycles. The van der Waals surface area contributed by atoms with Crippen LogP contribution in [0.3, 0.4) is 0 Å². The molecule has 2 amide bonds. The number of nitrogens with one attached hydrogen (secondary N) is 1. The Bertz CT molecular complexity index is 1330. The molecule has 7 nitrogen and oxygen atoms in total. The molecule has 1 aliphatic rings. The number of nitrogens with two attached hydrogens (primary N) is 1. The van der Waals surface area contributed by atoms with Gasteiger partial charge in [0.1, 0.15) is 5.82 Å². The lowest BCUT2D eigenvalue weighted by atomic mass is 9.93.